The molecule has 3 rings (SSSR count). The normalized spacial score (nSPS) is 21.9. The lowest BCUT2D eigenvalue weighted by molar-refractivity contribution is -0.115. The Hall–Kier alpha value is -1.29. The Morgan fingerprint density at radius 1 is 1.39 bits per heavy atom. The number of carbonyl (C=O) groups excluding carboxylic acids is 1. The second-order valence-electron chi connectivity index (χ2n) is 5.62. The molecule has 0 radical (unpaired) electrons. The third-order valence-corrected chi connectivity index (χ3v) is 4.56. The summed E-state index contributed by atoms with van der Waals surface area (Å²) in [5, 5.41) is 2.74. The third kappa shape index (κ3) is 4.37. The molecule has 1 fully saturated rings. The molecule has 2 N–H and O–H groups in total. The molecule has 8 nitrogen and oxygen atoms in total. The molecule has 1 saturated heterocycles. The number of hydrogen-bond acceptors (Lipinski definition) is 6. The van der Waals surface area contributed by atoms with Gasteiger partial charge in [-0.25, -0.2) is 14.7 Å². The lowest BCUT2D eigenvalue weighted by atomic mass is 10.0. The van der Waals surface area contributed by atoms with Crippen LogP contribution in [-0.4, -0.2) is 44.3 Å². The monoisotopic (exact) mass is 360 g/mol. The number of amides is 1. The van der Waals surface area contributed by atoms with Gasteiger partial charge in [0.2, 0.25) is 5.91 Å². The average Bonchev–Trinajstić information content (AvgIpc) is 2.72. The lowest BCUT2D eigenvalue weighted by Crippen LogP contribution is -2.28. The number of nitrogens with one attached hydrogen (secondary N) is 2. The van der Waals surface area contributed by atoms with E-state index in [1.165, 1.54) is 6.33 Å². The predicted octanol–water partition coefficient (Wildman–Crippen LogP) is 0.383. The molecule has 23 heavy (non-hydrogen) atoms. The predicted molar refractivity (Wildman–Crippen MR) is 88.1 cm³/mol. The Balaban J connectivity index is 0.00000192. The molecule has 1 aromatic heterocycles. The molecule has 2 aliphatic heterocycles. The van der Waals surface area contributed by atoms with E-state index >= 15 is 0 Å². The number of fused-ring (bicyclic) bond motifs is 1. The summed E-state index contributed by atoms with van der Waals surface area (Å²) in [4.78, 5) is 22.2. The van der Waals surface area contributed by atoms with Crippen LogP contribution >= 0.6 is 12.4 Å². The molecule has 0 saturated carbocycles. The van der Waals surface area contributed by atoms with Crippen LogP contribution in [0.2, 0.25) is 0 Å². The first-order chi connectivity index (χ1) is 10.6. The number of halogens is 1. The molecule has 1 aromatic rings. The van der Waals surface area contributed by atoms with Crippen LogP contribution in [0.5, 0.6) is 0 Å². The van der Waals surface area contributed by atoms with Gasteiger partial charge in [-0.2, -0.15) is 0 Å². The Labute approximate surface area is 143 Å². The van der Waals surface area contributed by atoms with Crippen molar-refractivity contribution in [1.82, 2.24) is 14.7 Å². The van der Waals surface area contributed by atoms with E-state index in [0.717, 1.165) is 43.7 Å². The van der Waals surface area contributed by atoms with Gasteiger partial charge in [-0.3, -0.25) is 9.00 Å². The van der Waals surface area contributed by atoms with Crippen molar-refractivity contribution in [3.8, 4) is 0 Å². The van der Waals surface area contributed by atoms with E-state index in [9.17, 15) is 13.6 Å². The van der Waals surface area contributed by atoms with Gasteiger partial charge in [0.05, 0.1) is 6.42 Å². The van der Waals surface area contributed by atoms with Gasteiger partial charge in [0.15, 0.2) is 0 Å². The minimum Gasteiger partial charge on any atom is -0.760 e. The van der Waals surface area contributed by atoms with Gasteiger partial charge in [0, 0.05) is 36.5 Å². The number of nitrogens with zero attached hydrogens (tertiary/aromatic N) is 3. The fourth-order valence-electron chi connectivity index (χ4n) is 3.05. The Kier molecular flexibility index (Phi) is 6.28. The average molecular weight is 361 g/mol. The fourth-order valence-corrected chi connectivity index (χ4v) is 3.42. The van der Waals surface area contributed by atoms with Crippen molar-refractivity contribution in [2.24, 2.45) is 5.92 Å². The van der Waals surface area contributed by atoms with E-state index in [0.29, 0.717) is 24.7 Å². The first kappa shape index (κ1) is 18.1. The quantitative estimate of drug-likeness (QED) is 0.751. The summed E-state index contributed by atoms with van der Waals surface area (Å²) in [6.07, 6.45) is 4.64. The summed E-state index contributed by atoms with van der Waals surface area (Å²) in [5.74, 6) is 1.72. The zero-order valence-corrected chi connectivity index (χ0v) is 14.1. The van der Waals surface area contributed by atoms with Crippen LogP contribution in [-0.2, 0) is 22.5 Å². The molecule has 0 aliphatic carbocycles. The van der Waals surface area contributed by atoms with Gasteiger partial charge in [0.1, 0.15) is 18.0 Å². The van der Waals surface area contributed by atoms with E-state index in [2.05, 4.69) is 24.9 Å². The molecular formula is C13H19ClN5O3S-. The van der Waals surface area contributed by atoms with Crippen molar-refractivity contribution >= 4 is 41.2 Å². The molecule has 2 unspecified atom stereocenters. The SMILES string of the molecule is Cl.O=C1Cc2c(ncnc2N2CCCC(CNS(=O)[O-])CC2)N1. The Morgan fingerprint density at radius 2 is 2.22 bits per heavy atom. The highest BCUT2D eigenvalue weighted by Crippen LogP contribution is 2.30. The number of hydrogen-bond donors (Lipinski definition) is 2. The molecule has 1 amide bonds. The van der Waals surface area contributed by atoms with E-state index in [1.807, 2.05) is 0 Å². The van der Waals surface area contributed by atoms with Crippen LogP contribution in [0.3, 0.4) is 0 Å². The van der Waals surface area contributed by atoms with Crippen molar-refractivity contribution in [2.45, 2.75) is 25.7 Å². The van der Waals surface area contributed by atoms with Gasteiger partial charge < -0.3 is 14.8 Å². The van der Waals surface area contributed by atoms with Crippen LogP contribution in [0.15, 0.2) is 6.33 Å². The minimum absolute atomic E-state index is 0. The maximum atomic E-state index is 11.5. The summed E-state index contributed by atoms with van der Waals surface area (Å²) >= 11 is -2.20. The largest absolute Gasteiger partial charge is 0.760 e. The second kappa shape index (κ2) is 8.00. The van der Waals surface area contributed by atoms with Crippen LogP contribution in [0.4, 0.5) is 11.6 Å². The maximum Gasteiger partial charge on any atom is 0.230 e. The molecule has 3 heterocycles. The van der Waals surface area contributed by atoms with E-state index < -0.39 is 11.3 Å². The van der Waals surface area contributed by atoms with Gasteiger partial charge in [-0.1, -0.05) is 0 Å². The van der Waals surface area contributed by atoms with Crippen molar-refractivity contribution in [3.63, 3.8) is 0 Å². The molecule has 128 valence electrons. The number of aromatic nitrogens is 2. The van der Waals surface area contributed by atoms with Crippen molar-refractivity contribution in [1.29, 1.82) is 0 Å². The first-order valence-corrected chi connectivity index (χ1v) is 8.42. The lowest BCUT2D eigenvalue weighted by Gasteiger charge is -2.23. The van der Waals surface area contributed by atoms with E-state index in [4.69, 9.17) is 0 Å². The smallest absolute Gasteiger partial charge is 0.230 e. The van der Waals surface area contributed by atoms with Crippen molar-refractivity contribution < 1.29 is 13.6 Å². The minimum atomic E-state index is -2.20. The molecule has 0 spiro atoms. The zero-order chi connectivity index (χ0) is 15.5. The summed E-state index contributed by atoms with van der Waals surface area (Å²) in [6, 6.07) is 0. The maximum absolute atomic E-state index is 11.5. The van der Waals surface area contributed by atoms with Gasteiger partial charge in [-0.15, -0.1) is 12.4 Å². The summed E-state index contributed by atoms with van der Waals surface area (Å²) in [6.45, 7) is 2.13. The summed E-state index contributed by atoms with van der Waals surface area (Å²) < 4.78 is 23.7. The van der Waals surface area contributed by atoms with Crippen LogP contribution in [0, 0.1) is 5.92 Å². The van der Waals surface area contributed by atoms with E-state index in [-0.39, 0.29) is 18.3 Å². The standard InChI is InChI=1S/C13H19N5O3S.ClH/c19-11-6-10-12(17-11)14-8-15-13(10)18-4-1-2-9(3-5-18)7-16-22(20)21;/h8-9,16H,1-7H2,(H,20,21)(H,14,15,17,19);1H/p-1. The van der Waals surface area contributed by atoms with Crippen LogP contribution < -0.4 is 14.9 Å². The second-order valence-corrected chi connectivity index (χ2v) is 6.37. The number of carbonyl (C=O) groups is 1. The van der Waals surface area contributed by atoms with Crippen molar-refractivity contribution in [3.05, 3.63) is 11.9 Å². The number of rotatable bonds is 4. The molecule has 10 heteroatoms. The molecule has 0 aromatic carbocycles. The molecule has 2 aliphatic rings. The Bertz CT molecular complexity index is 603. The van der Waals surface area contributed by atoms with E-state index in [1.54, 1.807) is 0 Å². The highest BCUT2D eigenvalue weighted by atomic mass is 35.5. The van der Waals surface area contributed by atoms with Crippen LogP contribution in [0.25, 0.3) is 0 Å². The molecule has 2 atom stereocenters. The van der Waals surface area contributed by atoms with Gasteiger partial charge in [0.25, 0.3) is 0 Å². The van der Waals surface area contributed by atoms with Gasteiger partial charge in [-0.05, 0) is 25.2 Å². The topological polar surface area (TPSA) is 110 Å². The summed E-state index contributed by atoms with van der Waals surface area (Å²) in [7, 11) is 0. The molecular weight excluding hydrogens is 342 g/mol. The van der Waals surface area contributed by atoms with Crippen molar-refractivity contribution in [2.75, 3.05) is 29.9 Å². The fraction of sp³-hybridized carbons (Fsp3) is 0.615. The van der Waals surface area contributed by atoms with Crippen LogP contribution in [0.1, 0.15) is 24.8 Å². The third-order valence-electron chi connectivity index (χ3n) is 4.15. The zero-order valence-electron chi connectivity index (χ0n) is 12.5. The first-order valence-electron chi connectivity index (χ1n) is 7.35. The highest BCUT2D eigenvalue weighted by molar-refractivity contribution is 7.77. The van der Waals surface area contributed by atoms with Gasteiger partial charge >= 0.3 is 0 Å². The number of anilines is 2. The summed E-state index contributed by atoms with van der Waals surface area (Å²) in [5.41, 5.74) is 0.865. The Morgan fingerprint density at radius 3 is 3.00 bits per heavy atom. The molecule has 0 bridgehead atoms. The highest BCUT2D eigenvalue weighted by Gasteiger charge is 2.27.